The summed E-state index contributed by atoms with van der Waals surface area (Å²) in [5.74, 6) is -0.703. The molecule has 3 aromatic rings. The smallest absolute Gasteiger partial charge is 0.277 e. The first kappa shape index (κ1) is 25.0. The molecule has 1 unspecified atom stereocenters. The number of nitrogens with one attached hydrogen (secondary N) is 2. The minimum atomic E-state index is -0.627. The zero-order valence-corrected chi connectivity index (χ0v) is 21.0. The van der Waals surface area contributed by atoms with Crippen molar-refractivity contribution in [3.8, 4) is 0 Å². The van der Waals surface area contributed by atoms with E-state index < -0.39 is 11.7 Å². The summed E-state index contributed by atoms with van der Waals surface area (Å²) < 4.78 is 17.7. The average Bonchev–Trinajstić information content (AvgIpc) is 3.44. The van der Waals surface area contributed by atoms with Gasteiger partial charge in [-0.05, 0) is 68.8 Å². The lowest BCUT2D eigenvalue weighted by molar-refractivity contribution is 0.0271. The molecule has 2 heterocycles. The molecule has 1 aliphatic carbocycles. The summed E-state index contributed by atoms with van der Waals surface area (Å²) in [5.41, 5.74) is 4.73. The van der Waals surface area contributed by atoms with Crippen LogP contribution >= 0.6 is 11.6 Å². The van der Waals surface area contributed by atoms with Crippen molar-refractivity contribution in [2.75, 3.05) is 31.6 Å². The van der Waals surface area contributed by atoms with E-state index in [0.717, 1.165) is 44.3 Å². The highest BCUT2D eigenvalue weighted by atomic mass is 35.5. The van der Waals surface area contributed by atoms with Crippen LogP contribution in [0.15, 0.2) is 30.6 Å². The summed E-state index contributed by atoms with van der Waals surface area (Å²) in [5, 5.41) is 13.2. The van der Waals surface area contributed by atoms with Crippen LogP contribution in [0.2, 0.25) is 5.02 Å². The fourth-order valence-electron chi connectivity index (χ4n) is 4.54. The van der Waals surface area contributed by atoms with E-state index in [-0.39, 0.29) is 22.9 Å². The summed E-state index contributed by atoms with van der Waals surface area (Å²) in [6.45, 7) is 5.35. The predicted molar refractivity (Wildman–Crippen MR) is 137 cm³/mol. The lowest BCUT2D eigenvalue weighted by Crippen LogP contribution is -2.26. The molecule has 192 valence electrons. The van der Waals surface area contributed by atoms with E-state index in [1.807, 2.05) is 17.6 Å². The number of hydrogen-bond acceptors (Lipinski definition) is 6. The number of nitrogens with zero attached hydrogens (tertiary/aromatic N) is 3. The van der Waals surface area contributed by atoms with E-state index in [9.17, 15) is 9.90 Å². The number of rotatable bonds is 10. The number of anilines is 2. The lowest BCUT2D eigenvalue weighted by Gasteiger charge is -2.16. The van der Waals surface area contributed by atoms with E-state index >= 15 is 4.39 Å². The summed E-state index contributed by atoms with van der Waals surface area (Å²) in [6, 6.07) is 7.02. The van der Waals surface area contributed by atoms with Crippen LogP contribution in [-0.2, 0) is 11.4 Å². The molecule has 1 saturated heterocycles. The van der Waals surface area contributed by atoms with Crippen molar-refractivity contribution in [3.63, 3.8) is 0 Å². The molecule has 1 amide bonds. The zero-order chi connectivity index (χ0) is 25.2. The van der Waals surface area contributed by atoms with Crippen molar-refractivity contribution < 1.29 is 19.1 Å². The van der Waals surface area contributed by atoms with Gasteiger partial charge in [-0.2, -0.15) is 0 Å². The maximum atomic E-state index is 15.8. The number of aryl methyl sites for hydroxylation is 2. The number of benzene rings is 2. The zero-order valence-electron chi connectivity index (χ0n) is 20.3. The molecule has 8 nitrogen and oxygen atoms in total. The molecule has 2 fully saturated rings. The SMILES string of the molecule is Cc1ccc(Nc2c(C(=O)NOCC3CC3)cc3c(ncn3CCCN3CCC(O)C3)c2F)c(Cl)c1. The number of carbonyl (C=O) groups excluding carboxylic acids is 1. The van der Waals surface area contributed by atoms with Crippen LogP contribution in [0.5, 0.6) is 0 Å². The van der Waals surface area contributed by atoms with Crippen molar-refractivity contribution in [2.45, 2.75) is 45.3 Å². The first-order valence-corrected chi connectivity index (χ1v) is 12.8. The second-order valence-electron chi connectivity index (χ2n) is 9.81. The van der Waals surface area contributed by atoms with Crippen LogP contribution in [-0.4, -0.2) is 57.8 Å². The summed E-state index contributed by atoms with van der Waals surface area (Å²) >= 11 is 6.38. The second kappa shape index (κ2) is 10.7. The third kappa shape index (κ3) is 5.64. The van der Waals surface area contributed by atoms with E-state index in [0.29, 0.717) is 41.8 Å². The van der Waals surface area contributed by atoms with Crippen molar-refractivity contribution in [3.05, 3.63) is 52.6 Å². The number of aliphatic hydroxyl groups is 1. The van der Waals surface area contributed by atoms with Crippen molar-refractivity contribution in [2.24, 2.45) is 5.92 Å². The number of aromatic nitrogens is 2. The highest BCUT2D eigenvalue weighted by molar-refractivity contribution is 6.33. The summed E-state index contributed by atoms with van der Waals surface area (Å²) in [6.07, 6.45) is 5.12. The number of halogens is 2. The summed E-state index contributed by atoms with van der Waals surface area (Å²) in [4.78, 5) is 25.0. The molecule has 0 radical (unpaired) electrons. The molecule has 1 aromatic heterocycles. The third-order valence-electron chi connectivity index (χ3n) is 6.79. The first-order chi connectivity index (χ1) is 17.4. The van der Waals surface area contributed by atoms with E-state index in [2.05, 4.69) is 20.7 Å². The predicted octanol–water partition coefficient (Wildman–Crippen LogP) is 4.41. The number of β-amino-alcohol motifs (C(OH)–C–C–N with tert-alkyl or cyclic N) is 1. The van der Waals surface area contributed by atoms with Gasteiger partial charge in [0.2, 0.25) is 0 Å². The van der Waals surface area contributed by atoms with Crippen molar-refractivity contribution in [1.82, 2.24) is 19.9 Å². The molecule has 2 aromatic carbocycles. The topological polar surface area (TPSA) is 91.7 Å². The molecule has 1 atom stereocenters. The largest absolute Gasteiger partial charge is 0.392 e. The number of hydrogen-bond donors (Lipinski definition) is 3. The van der Waals surface area contributed by atoms with Gasteiger partial charge in [-0.25, -0.2) is 14.9 Å². The number of amides is 1. The van der Waals surface area contributed by atoms with Gasteiger partial charge in [-0.15, -0.1) is 0 Å². The number of carbonyl (C=O) groups is 1. The van der Waals surface area contributed by atoms with E-state index in [1.54, 1.807) is 24.5 Å². The first-order valence-electron chi connectivity index (χ1n) is 12.4. The Kier molecular flexibility index (Phi) is 7.43. The third-order valence-corrected chi connectivity index (χ3v) is 7.10. The van der Waals surface area contributed by atoms with Crippen LogP contribution in [0.25, 0.3) is 11.0 Å². The highest BCUT2D eigenvalue weighted by Gasteiger charge is 2.25. The van der Waals surface area contributed by atoms with Crippen LogP contribution in [0.3, 0.4) is 0 Å². The molecule has 0 spiro atoms. The number of aliphatic hydroxyl groups excluding tert-OH is 1. The summed E-state index contributed by atoms with van der Waals surface area (Å²) in [7, 11) is 0. The molecular formula is C26H31ClFN5O3. The van der Waals surface area contributed by atoms with Gasteiger partial charge >= 0.3 is 0 Å². The quantitative estimate of drug-likeness (QED) is 0.346. The van der Waals surface area contributed by atoms with Crippen LogP contribution < -0.4 is 10.8 Å². The molecule has 2 aliphatic rings. The average molecular weight is 516 g/mol. The Labute approximate surface area is 214 Å². The Balaban J connectivity index is 1.42. The molecule has 1 saturated carbocycles. The molecule has 3 N–H and O–H groups in total. The Bertz CT molecular complexity index is 1260. The van der Waals surface area contributed by atoms with Gasteiger partial charge in [0, 0.05) is 19.6 Å². The van der Waals surface area contributed by atoms with Gasteiger partial charge in [0.25, 0.3) is 5.91 Å². The lowest BCUT2D eigenvalue weighted by atomic mass is 10.1. The van der Waals surface area contributed by atoms with Gasteiger partial charge in [0.1, 0.15) is 5.52 Å². The Morgan fingerprint density at radius 1 is 1.28 bits per heavy atom. The Morgan fingerprint density at radius 3 is 2.83 bits per heavy atom. The van der Waals surface area contributed by atoms with Gasteiger partial charge < -0.3 is 19.9 Å². The van der Waals surface area contributed by atoms with Gasteiger partial charge in [-0.1, -0.05) is 17.7 Å². The standard InChI is InChI=1S/C26H31ClFN5O3/c1-16-3-6-21(20(27)11-16)30-24-19(26(35)31-36-14-17-4-5-17)12-22-25(23(24)28)29-15-33(22)9-2-8-32-10-7-18(34)13-32/h3,6,11-12,15,17-18,30,34H,2,4-5,7-10,13-14H2,1H3,(H,31,35). The Hall–Kier alpha value is -2.72. The van der Waals surface area contributed by atoms with Gasteiger partial charge in [0.15, 0.2) is 5.82 Å². The van der Waals surface area contributed by atoms with Crippen LogP contribution in [0.4, 0.5) is 15.8 Å². The Morgan fingerprint density at radius 2 is 2.11 bits per heavy atom. The number of imidazole rings is 1. The minimum Gasteiger partial charge on any atom is -0.392 e. The monoisotopic (exact) mass is 515 g/mol. The minimum absolute atomic E-state index is 0.00270. The maximum Gasteiger partial charge on any atom is 0.277 e. The van der Waals surface area contributed by atoms with E-state index in [4.69, 9.17) is 16.4 Å². The molecule has 5 rings (SSSR count). The fourth-order valence-corrected chi connectivity index (χ4v) is 4.82. The van der Waals surface area contributed by atoms with E-state index in [1.165, 1.54) is 0 Å². The molecule has 0 bridgehead atoms. The van der Waals surface area contributed by atoms with Crippen molar-refractivity contribution in [1.29, 1.82) is 0 Å². The maximum absolute atomic E-state index is 15.8. The second-order valence-corrected chi connectivity index (χ2v) is 10.2. The van der Waals surface area contributed by atoms with Gasteiger partial charge in [0.05, 0.1) is 46.5 Å². The van der Waals surface area contributed by atoms with Crippen molar-refractivity contribution >= 4 is 39.9 Å². The molecule has 10 heteroatoms. The molecule has 36 heavy (non-hydrogen) atoms. The fraction of sp³-hybridized carbons (Fsp3) is 0.462. The normalized spacial score (nSPS) is 18.2. The number of likely N-dealkylation sites (tertiary alicyclic amines) is 1. The number of hydroxylamine groups is 1. The molecular weight excluding hydrogens is 485 g/mol. The van der Waals surface area contributed by atoms with Gasteiger partial charge in [-0.3, -0.25) is 9.63 Å². The molecule has 1 aliphatic heterocycles. The highest BCUT2D eigenvalue weighted by Crippen LogP contribution is 2.34. The van der Waals surface area contributed by atoms with Crippen LogP contribution in [0, 0.1) is 18.7 Å². The number of fused-ring (bicyclic) bond motifs is 1. The van der Waals surface area contributed by atoms with Crippen LogP contribution in [0.1, 0.15) is 41.6 Å².